The van der Waals surface area contributed by atoms with Crippen LogP contribution < -0.4 is 15.4 Å². The van der Waals surface area contributed by atoms with Gasteiger partial charge in [0, 0.05) is 37.0 Å². The molecule has 1 saturated heterocycles. The van der Waals surface area contributed by atoms with Crippen molar-refractivity contribution in [2.24, 2.45) is 0 Å². The van der Waals surface area contributed by atoms with Crippen molar-refractivity contribution in [1.82, 2.24) is 9.88 Å². The number of carbonyl (C=O) groups is 2. The Balaban J connectivity index is 1.65. The molecule has 1 aromatic heterocycles. The zero-order chi connectivity index (χ0) is 24.9. The number of methoxy groups -OCH3 is 1. The van der Waals surface area contributed by atoms with Crippen LogP contribution >= 0.6 is 0 Å². The van der Waals surface area contributed by atoms with Crippen LogP contribution in [0.2, 0.25) is 0 Å². The molecule has 1 aliphatic rings. The molecule has 2 heterocycles. The largest absolute Gasteiger partial charge is 0.488 e. The topological polar surface area (TPSA) is 102 Å². The highest BCUT2D eigenvalue weighted by atomic mass is 19.1. The summed E-state index contributed by atoms with van der Waals surface area (Å²) < 4.78 is 31.0. The van der Waals surface area contributed by atoms with E-state index >= 15 is 0 Å². The summed E-state index contributed by atoms with van der Waals surface area (Å²) in [6, 6.07) is 6.66. The minimum absolute atomic E-state index is 0.225. The number of rotatable bonds is 6. The van der Waals surface area contributed by atoms with Crippen LogP contribution in [0.4, 0.5) is 25.4 Å². The number of nitrogens with one attached hydrogen (secondary N) is 2. The van der Waals surface area contributed by atoms with Gasteiger partial charge in [0.05, 0.1) is 31.1 Å². The van der Waals surface area contributed by atoms with Crippen molar-refractivity contribution in [2.75, 3.05) is 30.9 Å². The zero-order valence-corrected chi connectivity index (χ0v) is 20.1. The predicted octanol–water partition coefficient (Wildman–Crippen LogP) is 4.58. The van der Waals surface area contributed by atoms with Gasteiger partial charge in [0.25, 0.3) is 0 Å². The normalized spacial score (nSPS) is 17.9. The molecular formula is C24H31FN4O5. The summed E-state index contributed by atoms with van der Waals surface area (Å²) in [5.74, 6) is -0.334. The number of aryl methyl sites for hydroxylation is 1. The lowest BCUT2D eigenvalue weighted by molar-refractivity contribution is 0.0140. The number of urea groups is 1. The van der Waals surface area contributed by atoms with Crippen LogP contribution in [-0.4, -0.2) is 60.0 Å². The highest BCUT2D eigenvalue weighted by molar-refractivity contribution is 5.99. The van der Waals surface area contributed by atoms with Gasteiger partial charge in [0.1, 0.15) is 23.3 Å². The predicted molar refractivity (Wildman–Crippen MR) is 126 cm³/mol. The zero-order valence-electron chi connectivity index (χ0n) is 20.1. The van der Waals surface area contributed by atoms with Crippen molar-refractivity contribution < 1.29 is 28.2 Å². The first-order valence-corrected chi connectivity index (χ1v) is 11.0. The van der Waals surface area contributed by atoms with Gasteiger partial charge < -0.3 is 24.8 Å². The number of hydrogen-bond donors (Lipinski definition) is 2. The first-order chi connectivity index (χ1) is 16.0. The van der Waals surface area contributed by atoms with Crippen molar-refractivity contribution in [1.29, 1.82) is 0 Å². The lowest BCUT2D eigenvalue weighted by Crippen LogP contribution is -2.42. The number of amides is 3. The average Bonchev–Trinajstić information content (AvgIpc) is 3.10. The maximum Gasteiger partial charge on any atom is 0.410 e. The van der Waals surface area contributed by atoms with Crippen molar-refractivity contribution in [2.45, 2.75) is 51.9 Å². The number of benzene rings is 1. The Bertz CT molecular complexity index is 1010. The third kappa shape index (κ3) is 7.31. The van der Waals surface area contributed by atoms with E-state index in [0.29, 0.717) is 18.7 Å². The average molecular weight is 475 g/mol. The molecule has 9 nitrogen and oxygen atoms in total. The van der Waals surface area contributed by atoms with Crippen LogP contribution in [0.25, 0.3) is 0 Å². The molecule has 10 heteroatoms. The van der Waals surface area contributed by atoms with Gasteiger partial charge in [-0.2, -0.15) is 0 Å². The highest BCUT2D eigenvalue weighted by Gasteiger charge is 2.38. The smallest absolute Gasteiger partial charge is 0.410 e. The summed E-state index contributed by atoms with van der Waals surface area (Å²) in [6.07, 6.45) is 1.18. The van der Waals surface area contributed by atoms with E-state index in [4.69, 9.17) is 14.2 Å². The van der Waals surface area contributed by atoms with E-state index in [1.165, 1.54) is 24.4 Å². The van der Waals surface area contributed by atoms with E-state index in [1.807, 2.05) is 6.92 Å². The third-order valence-electron chi connectivity index (χ3n) is 4.96. The molecular weight excluding hydrogens is 443 g/mol. The lowest BCUT2D eigenvalue weighted by atomic mass is 10.2. The summed E-state index contributed by atoms with van der Waals surface area (Å²) in [5, 5.41) is 5.23. The van der Waals surface area contributed by atoms with Crippen LogP contribution in [0.5, 0.6) is 5.75 Å². The molecule has 2 aromatic rings. The molecule has 0 radical (unpaired) electrons. The summed E-state index contributed by atoms with van der Waals surface area (Å²) in [4.78, 5) is 30.6. The lowest BCUT2D eigenvalue weighted by Gasteiger charge is -2.28. The molecule has 2 atom stereocenters. The van der Waals surface area contributed by atoms with Crippen LogP contribution in [0.3, 0.4) is 0 Å². The monoisotopic (exact) mass is 474 g/mol. The van der Waals surface area contributed by atoms with Crippen molar-refractivity contribution >= 4 is 23.5 Å². The van der Waals surface area contributed by atoms with E-state index in [2.05, 4.69) is 15.6 Å². The Morgan fingerprint density at radius 2 is 1.91 bits per heavy atom. The van der Waals surface area contributed by atoms with Gasteiger partial charge in [-0.05, 0) is 45.9 Å². The molecule has 1 aromatic carbocycles. The van der Waals surface area contributed by atoms with Gasteiger partial charge >= 0.3 is 12.1 Å². The second-order valence-electron chi connectivity index (χ2n) is 9.16. The van der Waals surface area contributed by atoms with E-state index in [1.54, 1.807) is 44.9 Å². The molecule has 184 valence electrons. The maximum absolute atomic E-state index is 14.2. The maximum atomic E-state index is 14.2. The second kappa shape index (κ2) is 10.7. The van der Waals surface area contributed by atoms with Gasteiger partial charge in [0.15, 0.2) is 0 Å². The van der Waals surface area contributed by atoms with E-state index in [0.717, 1.165) is 5.69 Å². The third-order valence-corrected chi connectivity index (χ3v) is 4.96. The summed E-state index contributed by atoms with van der Waals surface area (Å²) >= 11 is 0. The first-order valence-electron chi connectivity index (χ1n) is 11.0. The SMILES string of the molecule is COC[C@H]1C[C@@H](Oc2cc(F)cc(NC(=O)Nc3ccc(C)nc3)c2)CN1C(=O)OC(C)(C)C. The number of carbonyl (C=O) groups excluding carboxylic acids is 2. The van der Waals surface area contributed by atoms with Gasteiger partial charge in [-0.3, -0.25) is 9.88 Å². The van der Waals surface area contributed by atoms with Crippen molar-refractivity contribution in [3.8, 4) is 5.75 Å². The Hall–Kier alpha value is -3.40. The van der Waals surface area contributed by atoms with E-state index < -0.39 is 29.6 Å². The van der Waals surface area contributed by atoms with Crippen LogP contribution in [0, 0.1) is 12.7 Å². The van der Waals surface area contributed by atoms with Crippen LogP contribution in [-0.2, 0) is 9.47 Å². The molecule has 0 bridgehead atoms. The fraction of sp³-hybridized carbons (Fsp3) is 0.458. The minimum atomic E-state index is -0.633. The number of halogens is 1. The number of nitrogens with zero attached hydrogens (tertiary/aromatic N) is 2. The van der Waals surface area contributed by atoms with E-state index in [9.17, 15) is 14.0 Å². The molecule has 1 aliphatic heterocycles. The quantitative estimate of drug-likeness (QED) is 0.636. The minimum Gasteiger partial charge on any atom is -0.488 e. The fourth-order valence-electron chi connectivity index (χ4n) is 3.58. The Kier molecular flexibility index (Phi) is 7.93. The van der Waals surface area contributed by atoms with E-state index in [-0.39, 0.29) is 24.0 Å². The summed E-state index contributed by atoms with van der Waals surface area (Å²) in [5.41, 5.74) is 0.922. The summed E-state index contributed by atoms with van der Waals surface area (Å²) in [7, 11) is 1.56. The molecule has 3 amide bonds. The molecule has 3 rings (SSSR count). The van der Waals surface area contributed by atoms with Crippen molar-refractivity contribution in [3.05, 3.63) is 48.0 Å². The van der Waals surface area contributed by atoms with Gasteiger partial charge in [-0.15, -0.1) is 0 Å². The first kappa shape index (κ1) is 25.2. The molecule has 0 saturated carbocycles. The fourth-order valence-corrected chi connectivity index (χ4v) is 3.58. The molecule has 0 spiro atoms. The summed E-state index contributed by atoms with van der Waals surface area (Å²) in [6.45, 7) is 7.83. The number of aromatic nitrogens is 1. The van der Waals surface area contributed by atoms with Crippen LogP contribution in [0.15, 0.2) is 36.5 Å². The standard InChI is InChI=1S/C24H31FN4O5/c1-15-6-7-17(12-26-15)27-22(30)28-18-8-16(25)9-20(10-18)33-21-11-19(14-32-5)29(13-21)23(31)34-24(2,3)4/h6-10,12,19,21H,11,13-14H2,1-5H3,(H2,27,28,30)/t19-,21-/m1/s1. The molecule has 0 aliphatic carbocycles. The molecule has 2 N–H and O–H groups in total. The van der Waals surface area contributed by atoms with Crippen LogP contribution in [0.1, 0.15) is 32.9 Å². The van der Waals surface area contributed by atoms with Crippen molar-refractivity contribution in [3.63, 3.8) is 0 Å². The Morgan fingerprint density at radius 1 is 1.18 bits per heavy atom. The molecule has 1 fully saturated rings. The molecule has 0 unspecified atom stereocenters. The second-order valence-corrected chi connectivity index (χ2v) is 9.16. The number of pyridine rings is 1. The van der Waals surface area contributed by atoms with Gasteiger partial charge in [-0.25, -0.2) is 14.0 Å². The number of hydrogen-bond acceptors (Lipinski definition) is 6. The molecule has 34 heavy (non-hydrogen) atoms. The van der Waals surface area contributed by atoms with Gasteiger partial charge in [0.2, 0.25) is 0 Å². The number of anilines is 2. The number of likely N-dealkylation sites (tertiary alicyclic amines) is 1. The Labute approximate surface area is 198 Å². The Morgan fingerprint density at radius 3 is 2.56 bits per heavy atom. The number of ether oxygens (including phenoxy) is 3. The highest BCUT2D eigenvalue weighted by Crippen LogP contribution is 2.28. The van der Waals surface area contributed by atoms with Gasteiger partial charge in [-0.1, -0.05) is 0 Å².